The third kappa shape index (κ3) is 4.71. The van der Waals surface area contributed by atoms with Gasteiger partial charge in [-0.1, -0.05) is 60.3 Å². The molecule has 0 aromatic heterocycles. The van der Waals surface area contributed by atoms with Gasteiger partial charge >= 0.3 is 0 Å². The summed E-state index contributed by atoms with van der Waals surface area (Å²) in [5.74, 6) is -0.284. The first-order valence-electron chi connectivity index (χ1n) is 8.59. The van der Waals surface area contributed by atoms with Crippen LogP contribution in [0.25, 0.3) is 0 Å². The molecule has 0 spiro atoms. The van der Waals surface area contributed by atoms with Gasteiger partial charge in [0.25, 0.3) is 0 Å². The minimum Gasteiger partial charge on any atom is -0.285 e. The van der Waals surface area contributed by atoms with E-state index in [0.29, 0.717) is 23.8 Å². The number of nitrogens with zero attached hydrogens (tertiary/aromatic N) is 3. The Morgan fingerprint density at radius 1 is 1.22 bits per heavy atom. The highest BCUT2D eigenvalue weighted by molar-refractivity contribution is 8.15. The maximum absolute atomic E-state index is 13.1. The largest absolute Gasteiger partial charge is 0.285 e. The van der Waals surface area contributed by atoms with Gasteiger partial charge in [0, 0.05) is 6.54 Å². The van der Waals surface area contributed by atoms with Crippen LogP contribution in [0, 0.1) is 5.82 Å². The SMILES string of the molecule is C=CCN1C(=O)C(Cc2ccccc2)SC1=NN=C(C)c1ccc(F)cc1. The second-order valence-electron chi connectivity index (χ2n) is 6.11. The van der Waals surface area contributed by atoms with Crippen LogP contribution in [0.15, 0.2) is 77.5 Å². The van der Waals surface area contributed by atoms with Crippen LogP contribution in [-0.4, -0.2) is 33.5 Å². The molecule has 0 N–H and O–H groups in total. The zero-order valence-corrected chi connectivity index (χ0v) is 15.8. The highest BCUT2D eigenvalue weighted by Crippen LogP contribution is 2.30. The molecular weight excluding hydrogens is 361 g/mol. The van der Waals surface area contributed by atoms with E-state index in [-0.39, 0.29) is 17.0 Å². The number of amides is 1. The summed E-state index contributed by atoms with van der Waals surface area (Å²) in [5.41, 5.74) is 2.54. The molecule has 0 saturated carbocycles. The summed E-state index contributed by atoms with van der Waals surface area (Å²) in [5, 5.41) is 8.87. The van der Waals surface area contributed by atoms with Gasteiger partial charge in [-0.3, -0.25) is 9.69 Å². The van der Waals surface area contributed by atoms with E-state index in [1.165, 1.54) is 23.9 Å². The van der Waals surface area contributed by atoms with Crippen molar-refractivity contribution >= 4 is 28.5 Å². The standard InChI is InChI=1S/C21H20FN3OS/c1-3-13-25-20(26)19(14-16-7-5-4-6-8-16)27-21(25)24-23-15(2)17-9-11-18(22)12-10-17/h3-12,19H,1,13-14H2,2H3. The molecule has 2 aromatic rings. The molecule has 1 saturated heterocycles. The summed E-state index contributed by atoms with van der Waals surface area (Å²) >= 11 is 1.41. The lowest BCUT2D eigenvalue weighted by Gasteiger charge is -2.13. The molecule has 1 aliphatic rings. The maximum Gasteiger partial charge on any atom is 0.242 e. The molecule has 0 radical (unpaired) electrons. The summed E-state index contributed by atoms with van der Waals surface area (Å²) in [4.78, 5) is 14.4. The van der Waals surface area contributed by atoms with Gasteiger partial charge in [-0.15, -0.1) is 11.7 Å². The van der Waals surface area contributed by atoms with E-state index in [0.717, 1.165) is 11.1 Å². The van der Waals surface area contributed by atoms with Gasteiger partial charge in [0.05, 0.1) is 11.0 Å². The highest BCUT2D eigenvalue weighted by Gasteiger charge is 2.37. The zero-order chi connectivity index (χ0) is 19.2. The normalized spacial score (nSPS) is 19.0. The lowest BCUT2D eigenvalue weighted by Crippen LogP contribution is -2.32. The third-order valence-corrected chi connectivity index (χ3v) is 5.31. The Bertz CT molecular complexity index is 878. The van der Waals surface area contributed by atoms with Crippen LogP contribution in [0.2, 0.25) is 0 Å². The average molecular weight is 381 g/mol. The second kappa shape index (κ2) is 8.77. The predicted octanol–water partition coefficient (Wildman–Crippen LogP) is 4.28. The summed E-state index contributed by atoms with van der Waals surface area (Å²) in [6.45, 7) is 5.92. The number of halogens is 1. The Kier molecular flexibility index (Phi) is 6.19. The van der Waals surface area contributed by atoms with Gasteiger partial charge in [-0.25, -0.2) is 4.39 Å². The van der Waals surface area contributed by atoms with E-state index >= 15 is 0 Å². The molecular formula is C21H20FN3OS. The molecule has 1 amide bonds. The molecule has 6 heteroatoms. The topological polar surface area (TPSA) is 45.0 Å². The number of rotatable bonds is 6. The Hall–Kier alpha value is -2.73. The fourth-order valence-corrected chi connectivity index (χ4v) is 3.85. The number of benzene rings is 2. The second-order valence-corrected chi connectivity index (χ2v) is 7.28. The Morgan fingerprint density at radius 3 is 2.59 bits per heavy atom. The summed E-state index contributed by atoms with van der Waals surface area (Å²) < 4.78 is 13.1. The van der Waals surface area contributed by atoms with Gasteiger partial charge in [0.1, 0.15) is 5.82 Å². The van der Waals surface area contributed by atoms with Crippen molar-refractivity contribution in [2.24, 2.45) is 10.2 Å². The molecule has 138 valence electrons. The summed E-state index contributed by atoms with van der Waals surface area (Å²) in [7, 11) is 0. The molecule has 1 unspecified atom stereocenters. The lowest BCUT2D eigenvalue weighted by atomic mass is 10.1. The van der Waals surface area contributed by atoms with Crippen LogP contribution in [0.1, 0.15) is 18.1 Å². The van der Waals surface area contributed by atoms with Crippen molar-refractivity contribution in [2.75, 3.05) is 6.54 Å². The Balaban J connectivity index is 1.80. The number of thioether (sulfide) groups is 1. The van der Waals surface area contributed by atoms with E-state index in [9.17, 15) is 9.18 Å². The molecule has 0 bridgehead atoms. The van der Waals surface area contributed by atoms with Crippen LogP contribution in [0.3, 0.4) is 0 Å². The zero-order valence-electron chi connectivity index (χ0n) is 15.0. The van der Waals surface area contributed by atoms with Crippen LogP contribution >= 0.6 is 11.8 Å². The van der Waals surface area contributed by atoms with Crippen LogP contribution in [0.5, 0.6) is 0 Å². The predicted molar refractivity (Wildman–Crippen MR) is 109 cm³/mol. The molecule has 2 aromatic carbocycles. The van der Waals surface area contributed by atoms with E-state index in [4.69, 9.17) is 0 Å². The number of amidine groups is 1. The molecule has 27 heavy (non-hydrogen) atoms. The minimum atomic E-state index is -0.296. The van der Waals surface area contributed by atoms with Crippen LogP contribution in [0.4, 0.5) is 4.39 Å². The average Bonchev–Trinajstić information content (AvgIpc) is 2.97. The third-order valence-electron chi connectivity index (χ3n) is 4.14. The number of hydrogen-bond acceptors (Lipinski definition) is 4. The Labute approximate surface area is 162 Å². The first-order valence-corrected chi connectivity index (χ1v) is 9.47. The van der Waals surface area contributed by atoms with Crippen molar-refractivity contribution in [1.82, 2.24) is 4.90 Å². The maximum atomic E-state index is 13.1. The lowest BCUT2D eigenvalue weighted by molar-refractivity contribution is -0.125. The minimum absolute atomic E-state index is 0.0112. The van der Waals surface area contributed by atoms with Gasteiger partial charge in [0.2, 0.25) is 5.91 Å². The fraction of sp³-hybridized carbons (Fsp3) is 0.190. The number of carbonyl (C=O) groups is 1. The first kappa shape index (κ1) is 19.0. The first-order chi connectivity index (χ1) is 13.1. The van der Waals surface area contributed by atoms with E-state index < -0.39 is 0 Å². The van der Waals surface area contributed by atoms with Crippen LogP contribution in [-0.2, 0) is 11.2 Å². The summed E-state index contributed by atoms with van der Waals surface area (Å²) in [6.07, 6.45) is 2.31. The van der Waals surface area contributed by atoms with Gasteiger partial charge < -0.3 is 0 Å². The van der Waals surface area contributed by atoms with Crippen molar-refractivity contribution < 1.29 is 9.18 Å². The molecule has 1 fully saturated rings. The van der Waals surface area contributed by atoms with Crippen molar-refractivity contribution in [3.05, 3.63) is 84.2 Å². The summed E-state index contributed by atoms with van der Waals surface area (Å²) in [6, 6.07) is 16.0. The smallest absolute Gasteiger partial charge is 0.242 e. The highest BCUT2D eigenvalue weighted by atomic mass is 32.2. The van der Waals surface area contributed by atoms with Gasteiger partial charge in [-0.05, 0) is 36.6 Å². The molecule has 0 aliphatic carbocycles. The van der Waals surface area contributed by atoms with E-state index in [1.54, 1.807) is 30.0 Å². The molecule has 3 rings (SSSR count). The van der Waals surface area contributed by atoms with E-state index in [1.807, 2.05) is 30.3 Å². The number of carbonyl (C=O) groups excluding carboxylic acids is 1. The van der Waals surface area contributed by atoms with Gasteiger partial charge in [-0.2, -0.15) is 5.10 Å². The monoisotopic (exact) mass is 381 g/mol. The van der Waals surface area contributed by atoms with E-state index in [2.05, 4.69) is 16.8 Å². The molecule has 1 aliphatic heterocycles. The Morgan fingerprint density at radius 2 is 1.93 bits per heavy atom. The van der Waals surface area contributed by atoms with Gasteiger partial charge in [0.15, 0.2) is 5.17 Å². The quantitative estimate of drug-likeness (QED) is 0.426. The fourth-order valence-electron chi connectivity index (χ4n) is 2.71. The van der Waals surface area contributed by atoms with Crippen molar-refractivity contribution in [1.29, 1.82) is 0 Å². The van der Waals surface area contributed by atoms with Crippen LogP contribution < -0.4 is 0 Å². The van der Waals surface area contributed by atoms with Crippen molar-refractivity contribution in [3.63, 3.8) is 0 Å². The molecule has 1 atom stereocenters. The molecule has 4 nitrogen and oxygen atoms in total. The van der Waals surface area contributed by atoms with Crippen molar-refractivity contribution in [3.8, 4) is 0 Å². The molecule has 1 heterocycles. The number of hydrogen-bond donors (Lipinski definition) is 0. The van der Waals surface area contributed by atoms with Crippen molar-refractivity contribution in [2.45, 2.75) is 18.6 Å².